The number of halogens is 3. The van der Waals surface area contributed by atoms with E-state index in [4.69, 9.17) is 0 Å². The molecule has 26 heavy (non-hydrogen) atoms. The van der Waals surface area contributed by atoms with E-state index >= 15 is 0 Å². The van der Waals surface area contributed by atoms with Crippen LogP contribution in [0.4, 0.5) is 0 Å². The molecule has 5 heteroatoms. The quantitative estimate of drug-likeness (QED) is 0.359. The Hall–Kier alpha value is -1.05. The fourth-order valence-corrected chi connectivity index (χ4v) is 3.52. The number of hydrogen-bond donors (Lipinski definition) is 0. The summed E-state index contributed by atoms with van der Waals surface area (Å²) < 4.78 is 2.37. The molecule has 0 bridgehead atoms. The van der Waals surface area contributed by atoms with Crippen LogP contribution >= 0.6 is 37.2 Å². The topological polar surface area (TPSA) is 4.93 Å². The molecule has 1 nitrogen and oxygen atoms in total. The Balaban J connectivity index is 0.000000845. The molecule has 0 N–H and O–H groups in total. The van der Waals surface area contributed by atoms with Crippen molar-refractivity contribution in [1.29, 1.82) is 0 Å². The third kappa shape index (κ3) is 3.41. The molecular formula is C21H17Cl3NZr-. The third-order valence-corrected chi connectivity index (χ3v) is 4.47. The molecule has 2 aliphatic carbocycles. The van der Waals surface area contributed by atoms with Crippen LogP contribution in [0, 0.1) is 6.08 Å². The number of fused-ring (bicyclic) bond motifs is 5. The Kier molecular flexibility index (Phi) is 8.17. The van der Waals surface area contributed by atoms with Gasteiger partial charge in [0, 0.05) is 37.4 Å². The van der Waals surface area contributed by atoms with Gasteiger partial charge in [-0.15, -0.1) is 66.1 Å². The Labute approximate surface area is 191 Å². The van der Waals surface area contributed by atoms with Crippen molar-refractivity contribution in [1.82, 2.24) is 4.57 Å². The molecule has 1 aromatic heterocycles. The maximum Gasteiger partial charge on any atom is 0.0359 e. The number of rotatable bonds is 1. The van der Waals surface area contributed by atoms with E-state index in [1.807, 2.05) is 0 Å². The summed E-state index contributed by atoms with van der Waals surface area (Å²) in [6.07, 6.45) is 11.2. The largest absolute Gasteiger partial charge is 0.367 e. The number of aromatic nitrogens is 1. The molecule has 0 fully saturated rings. The van der Waals surface area contributed by atoms with Crippen LogP contribution in [0.3, 0.4) is 0 Å². The summed E-state index contributed by atoms with van der Waals surface area (Å²) in [5.74, 6) is 0. The second-order valence-corrected chi connectivity index (χ2v) is 5.73. The Morgan fingerprint density at radius 1 is 0.846 bits per heavy atom. The number of allylic oxidation sites excluding steroid dienone is 5. The monoisotopic (exact) mass is 478 g/mol. The third-order valence-electron chi connectivity index (χ3n) is 4.47. The van der Waals surface area contributed by atoms with Gasteiger partial charge in [0.2, 0.25) is 0 Å². The van der Waals surface area contributed by atoms with Gasteiger partial charge in [0.05, 0.1) is 0 Å². The van der Waals surface area contributed by atoms with Crippen LogP contribution in [0.5, 0.6) is 0 Å². The van der Waals surface area contributed by atoms with E-state index in [2.05, 4.69) is 83.5 Å². The van der Waals surface area contributed by atoms with E-state index in [1.165, 1.54) is 39.0 Å². The minimum absolute atomic E-state index is 0. The normalized spacial score (nSPS) is 13.1. The van der Waals surface area contributed by atoms with Crippen LogP contribution in [0.25, 0.3) is 22.2 Å². The fraction of sp³-hybridized carbons (Fsp3) is 0.0476. The summed E-state index contributed by atoms with van der Waals surface area (Å²) in [6.45, 7) is 0. The maximum absolute atomic E-state index is 3.65. The molecule has 0 saturated carbocycles. The first kappa shape index (κ1) is 23.0. The SMILES string of the molecule is Cl.Cl.Cl.[C-]1=C2CC=CC=C2c2c1c1ccccc1n2-c1ccccc1.[Zr]. The van der Waals surface area contributed by atoms with Gasteiger partial charge in [0.1, 0.15) is 0 Å². The predicted octanol–water partition coefficient (Wildman–Crippen LogP) is 6.33. The van der Waals surface area contributed by atoms with Crippen molar-refractivity contribution in [3.8, 4) is 5.69 Å². The van der Waals surface area contributed by atoms with Crippen LogP contribution < -0.4 is 0 Å². The zero-order valence-corrected chi connectivity index (χ0v) is 18.7. The molecule has 2 aliphatic rings. The molecule has 0 amide bonds. The number of benzene rings is 2. The van der Waals surface area contributed by atoms with Gasteiger partial charge in [-0.3, -0.25) is 0 Å². The van der Waals surface area contributed by atoms with Crippen LogP contribution in [0.1, 0.15) is 17.7 Å². The molecular weight excluding hydrogens is 464 g/mol. The van der Waals surface area contributed by atoms with E-state index in [0.717, 1.165) is 6.42 Å². The van der Waals surface area contributed by atoms with Crippen molar-refractivity contribution in [3.63, 3.8) is 0 Å². The summed E-state index contributed by atoms with van der Waals surface area (Å²) in [6, 6.07) is 19.2. The fourth-order valence-electron chi connectivity index (χ4n) is 3.52. The summed E-state index contributed by atoms with van der Waals surface area (Å²) in [5.41, 5.74) is 7.61. The molecule has 0 spiro atoms. The molecule has 0 unspecified atom stereocenters. The van der Waals surface area contributed by atoms with Crippen LogP contribution in [-0.2, 0) is 26.2 Å². The second kappa shape index (κ2) is 9.24. The molecule has 0 aliphatic heterocycles. The van der Waals surface area contributed by atoms with E-state index in [9.17, 15) is 0 Å². The predicted molar refractivity (Wildman–Crippen MR) is 113 cm³/mol. The Bertz CT molecular complexity index is 1000. The first-order chi connectivity index (χ1) is 10.9. The van der Waals surface area contributed by atoms with Crippen LogP contribution in [0.2, 0.25) is 0 Å². The van der Waals surface area contributed by atoms with Gasteiger partial charge >= 0.3 is 0 Å². The number of para-hydroxylation sites is 2. The van der Waals surface area contributed by atoms with Crippen molar-refractivity contribution >= 4 is 53.7 Å². The van der Waals surface area contributed by atoms with E-state index in [1.54, 1.807) is 0 Å². The van der Waals surface area contributed by atoms with E-state index in [-0.39, 0.29) is 63.4 Å². The minimum atomic E-state index is 0. The molecule has 0 atom stereocenters. The van der Waals surface area contributed by atoms with E-state index in [0.29, 0.717) is 0 Å². The summed E-state index contributed by atoms with van der Waals surface area (Å²) in [7, 11) is 0. The van der Waals surface area contributed by atoms with Crippen LogP contribution in [0.15, 0.2) is 78.4 Å². The van der Waals surface area contributed by atoms with Gasteiger partial charge in [0.25, 0.3) is 0 Å². The Morgan fingerprint density at radius 2 is 1.54 bits per heavy atom. The Morgan fingerprint density at radius 3 is 2.31 bits per heavy atom. The van der Waals surface area contributed by atoms with Gasteiger partial charge in [-0.25, -0.2) is 0 Å². The minimum Gasteiger partial charge on any atom is -0.367 e. The summed E-state index contributed by atoms with van der Waals surface area (Å²) in [5, 5.41) is 1.28. The second-order valence-electron chi connectivity index (χ2n) is 5.73. The zero-order chi connectivity index (χ0) is 14.5. The molecule has 3 aromatic rings. The number of hydrogen-bond acceptors (Lipinski definition) is 0. The smallest absolute Gasteiger partial charge is 0.0359 e. The maximum atomic E-state index is 3.65. The molecule has 5 rings (SSSR count). The van der Waals surface area contributed by atoms with Gasteiger partial charge in [-0.2, -0.15) is 0 Å². The average Bonchev–Trinajstić information content (AvgIpc) is 3.10. The molecule has 132 valence electrons. The van der Waals surface area contributed by atoms with Gasteiger partial charge in [-0.1, -0.05) is 59.6 Å². The zero-order valence-electron chi connectivity index (χ0n) is 13.8. The molecule has 2 aromatic carbocycles. The van der Waals surface area contributed by atoms with Crippen molar-refractivity contribution < 1.29 is 26.2 Å². The summed E-state index contributed by atoms with van der Waals surface area (Å²) in [4.78, 5) is 0. The van der Waals surface area contributed by atoms with Gasteiger partial charge in [-0.05, 0) is 24.6 Å². The van der Waals surface area contributed by atoms with Gasteiger partial charge < -0.3 is 4.57 Å². The van der Waals surface area contributed by atoms with Crippen molar-refractivity contribution in [2.75, 3.05) is 0 Å². The first-order valence-electron chi connectivity index (χ1n) is 7.63. The van der Waals surface area contributed by atoms with Crippen molar-refractivity contribution in [3.05, 3.63) is 95.7 Å². The van der Waals surface area contributed by atoms with Gasteiger partial charge in [0.15, 0.2) is 0 Å². The van der Waals surface area contributed by atoms with E-state index < -0.39 is 0 Å². The first-order valence-corrected chi connectivity index (χ1v) is 7.63. The molecule has 0 radical (unpaired) electrons. The number of nitrogens with zero attached hydrogens (tertiary/aromatic N) is 1. The van der Waals surface area contributed by atoms with Crippen molar-refractivity contribution in [2.24, 2.45) is 0 Å². The van der Waals surface area contributed by atoms with Crippen LogP contribution in [-0.4, -0.2) is 4.57 Å². The standard InChI is InChI=1S/C21H14N.3ClH.Zr/c1-2-9-16(10-3-1)22-20-13-7-6-12-18(20)19-14-15-8-4-5-11-17(15)21(19)22;;;;/h1-7,9-13H,8H2;3*1H;/q-1;;;;. The summed E-state index contributed by atoms with van der Waals surface area (Å²) >= 11 is 0. The molecule has 1 heterocycles. The van der Waals surface area contributed by atoms with Crippen molar-refractivity contribution in [2.45, 2.75) is 6.42 Å². The molecule has 0 saturated heterocycles. The average molecular weight is 481 g/mol.